The number of hydrogen-bond donors (Lipinski definition) is 0. The smallest absolute Gasteiger partial charge is 0.160 e. The van der Waals surface area contributed by atoms with Crippen molar-refractivity contribution in [2.45, 2.75) is 0 Å². The molecule has 10 rings (SSSR count). The van der Waals surface area contributed by atoms with E-state index in [2.05, 4.69) is 133 Å². The molecule has 0 spiro atoms. The van der Waals surface area contributed by atoms with E-state index in [4.69, 9.17) is 9.97 Å². The van der Waals surface area contributed by atoms with Crippen molar-refractivity contribution in [1.82, 2.24) is 9.97 Å². The van der Waals surface area contributed by atoms with Crippen LogP contribution in [-0.2, 0) is 0 Å². The second-order valence-corrected chi connectivity index (χ2v) is 14.6. The van der Waals surface area contributed by atoms with Crippen molar-refractivity contribution in [3.63, 3.8) is 0 Å². The van der Waals surface area contributed by atoms with E-state index < -0.39 is 0 Å². The quantitative estimate of drug-likeness (QED) is 0.195. The summed E-state index contributed by atoms with van der Waals surface area (Å²) in [5.41, 5.74) is 5.09. The molecule has 210 valence electrons. The molecule has 4 aromatic heterocycles. The number of rotatable bonds is 3. The third-order valence-corrected chi connectivity index (χ3v) is 12.1. The third kappa shape index (κ3) is 4.05. The van der Waals surface area contributed by atoms with Gasteiger partial charge in [0.05, 0.1) is 11.4 Å². The molecule has 0 unspecified atom stereocenters. The molecule has 0 aliphatic heterocycles. The molecular weight excluding hydrogens is 605 g/mol. The number of hydrogen-bond acceptors (Lipinski definition) is 5. The average Bonchev–Trinajstić information content (AvgIpc) is 3.78. The van der Waals surface area contributed by atoms with Crippen molar-refractivity contribution >= 4 is 94.5 Å². The lowest BCUT2D eigenvalue weighted by molar-refractivity contribution is 1.19. The summed E-state index contributed by atoms with van der Waals surface area (Å²) in [5, 5.41) is 7.74. The monoisotopic (exact) mass is 626 g/mol. The van der Waals surface area contributed by atoms with Gasteiger partial charge in [-0.3, -0.25) is 0 Å². The Hall–Kier alpha value is -4.94. The first-order valence-corrected chi connectivity index (χ1v) is 17.3. The van der Waals surface area contributed by atoms with Gasteiger partial charge in [0.25, 0.3) is 0 Å². The van der Waals surface area contributed by atoms with E-state index in [0.29, 0.717) is 0 Å². The maximum absolute atomic E-state index is 5.23. The lowest BCUT2D eigenvalue weighted by atomic mass is 10.0. The molecule has 2 nitrogen and oxygen atoms in total. The number of fused-ring (bicyclic) bond motifs is 9. The Morgan fingerprint density at radius 1 is 0.311 bits per heavy atom. The van der Waals surface area contributed by atoms with Crippen molar-refractivity contribution < 1.29 is 0 Å². The van der Waals surface area contributed by atoms with E-state index in [1.165, 1.54) is 60.5 Å². The summed E-state index contributed by atoms with van der Waals surface area (Å²) in [6, 6.07) is 48.2. The minimum atomic E-state index is 0.744. The van der Waals surface area contributed by atoms with E-state index in [1.807, 2.05) is 34.0 Å². The summed E-state index contributed by atoms with van der Waals surface area (Å²) >= 11 is 5.50. The molecule has 45 heavy (non-hydrogen) atoms. The molecule has 0 saturated heterocycles. The van der Waals surface area contributed by atoms with Gasteiger partial charge in [0.2, 0.25) is 0 Å². The van der Waals surface area contributed by atoms with Crippen LogP contribution in [0, 0.1) is 0 Å². The van der Waals surface area contributed by atoms with Crippen LogP contribution < -0.4 is 0 Å². The number of thiophene rings is 3. The average molecular weight is 627 g/mol. The molecule has 0 amide bonds. The van der Waals surface area contributed by atoms with Gasteiger partial charge in [0, 0.05) is 77.2 Å². The van der Waals surface area contributed by atoms with Gasteiger partial charge in [-0.2, -0.15) is 0 Å². The number of nitrogens with zero attached hydrogens (tertiary/aromatic N) is 2. The zero-order chi connectivity index (χ0) is 29.5. The Bertz CT molecular complexity index is 2650. The lowest BCUT2D eigenvalue weighted by Gasteiger charge is -2.10. The highest BCUT2D eigenvalue weighted by atomic mass is 32.1. The summed E-state index contributed by atoms with van der Waals surface area (Å²) < 4.78 is 7.73. The van der Waals surface area contributed by atoms with Crippen molar-refractivity contribution in [2.75, 3.05) is 0 Å². The van der Waals surface area contributed by atoms with Crippen LogP contribution >= 0.6 is 34.0 Å². The van der Waals surface area contributed by atoms with Gasteiger partial charge < -0.3 is 0 Å². The molecule has 0 N–H and O–H groups in total. The van der Waals surface area contributed by atoms with Crippen LogP contribution in [0.25, 0.3) is 94.4 Å². The first-order chi connectivity index (χ1) is 22.2. The fraction of sp³-hybridized carbons (Fsp3) is 0. The van der Waals surface area contributed by atoms with E-state index in [0.717, 1.165) is 33.9 Å². The highest BCUT2D eigenvalue weighted by Crippen LogP contribution is 2.40. The van der Waals surface area contributed by atoms with Crippen LogP contribution in [0.15, 0.2) is 133 Å². The Morgan fingerprint density at radius 2 is 0.733 bits per heavy atom. The molecule has 0 saturated carbocycles. The first-order valence-electron chi connectivity index (χ1n) is 14.9. The third-order valence-electron chi connectivity index (χ3n) is 8.71. The van der Waals surface area contributed by atoms with Gasteiger partial charge in [0.15, 0.2) is 5.82 Å². The Morgan fingerprint density at radius 3 is 1.36 bits per heavy atom. The van der Waals surface area contributed by atoms with Gasteiger partial charge in [-0.25, -0.2) is 9.97 Å². The molecule has 6 aromatic carbocycles. The number of benzene rings is 6. The topological polar surface area (TPSA) is 25.8 Å². The van der Waals surface area contributed by atoms with Crippen molar-refractivity contribution in [3.8, 4) is 33.9 Å². The van der Waals surface area contributed by atoms with Crippen LogP contribution in [0.3, 0.4) is 0 Å². The molecule has 5 heteroatoms. The van der Waals surface area contributed by atoms with E-state index >= 15 is 0 Å². The van der Waals surface area contributed by atoms with Crippen LogP contribution in [0.1, 0.15) is 0 Å². The summed E-state index contributed by atoms with van der Waals surface area (Å²) in [5.74, 6) is 0.744. The standard InChI is InChI=1S/C40H22N2S3/c1-4-10-34-26(7-1)29-16-13-24(20-38(29)44-34)33-22-32(23-15-18-37-31(19-23)28-9-3-6-12-36(28)43-37)41-40(42-33)25-14-17-30-27-8-2-5-11-35(27)45-39(30)21-25/h1-22H. The SMILES string of the molecule is c1ccc2c(c1)sc1cc(-c3cc(-c4ccc5sc6ccccc6c5c4)nc(-c4ccc5c(c4)sc4ccccc45)n3)ccc12. The normalized spacial score (nSPS) is 12.0. The highest BCUT2D eigenvalue weighted by Gasteiger charge is 2.15. The molecule has 0 aliphatic carbocycles. The predicted octanol–water partition coefficient (Wildman–Crippen LogP) is 12.6. The maximum atomic E-state index is 5.23. The zero-order valence-corrected chi connectivity index (χ0v) is 26.3. The zero-order valence-electron chi connectivity index (χ0n) is 23.8. The minimum Gasteiger partial charge on any atom is -0.228 e. The van der Waals surface area contributed by atoms with Crippen molar-refractivity contribution in [3.05, 3.63) is 133 Å². The molecule has 0 atom stereocenters. The molecule has 0 bridgehead atoms. The molecule has 10 aromatic rings. The second kappa shape index (κ2) is 9.78. The van der Waals surface area contributed by atoms with Gasteiger partial charge >= 0.3 is 0 Å². The fourth-order valence-electron chi connectivity index (χ4n) is 6.51. The van der Waals surface area contributed by atoms with Crippen LogP contribution in [0.5, 0.6) is 0 Å². The molecule has 0 aliphatic rings. The predicted molar refractivity (Wildman–Crippen MR) is 197 cm³/mol. The first kappa shape index (κ1) is 25.4. The lowest BCUT2D eigenvalue weighted by Crippen LogP contribution is -1.96. The highest BCUT2D eigenvalue weighted by molar-refractivity contribution is 7.26. The Balaban J connectivity index is 1.19. The molecule has 0 fully saturated rings. The maximum Gasteiger partial charge on any atom is 0.160 e. The van der Waals surface area contributed by atoms with Crippen molar-refractivity contribution in [1.29, 1.82) is 0 Å². The molecule has 0 radical (unpaired) electrons. The molecular formula is C40H22N2S3. The second-order valence-electron chi connectivity index (χ2n) is 11.4. The molecule has 4 heterocycles. The minimum absolute atomic E-state index is 0.744. The van der Waals surface area contributed by atoms with Crippen LogP contribution in [-0.4, -0.2) is 9.97 Å². The fourth-order valence-corrected chi connectivity index (χ4v) is 9.88. The summed E-state index contributed by atoms with van der Waals surface area (Å²) in [7, 11) is 0. The van der Waals surface area contributed by atoms with Gasteiger partial charge in [-0.05, 0) is 48.5 Å². The Kier molecular flexibility index (Phi) is 5.52. The van der Waals surface area contributed by atoms with Gasteiger partial charge in [-0.15, -0.1) is 34.0 Å². The summed E-state index contributed by atoms with van der Waals surface area (Å²) in [6.07, 6.45) is 0. The van der Waals surface area contributed by atoms with Gasteiger partial charge in [-0.1, -0.05) is 84.9 Å². The summed E-state index contributed by atoms with van der Waals surface area (Å²) in [4.78, 5) is 10.5. The Labute approximate surface area is 270 Å². The van der Waals surface area contributed by atoms with Crippen molar-refractivity contribution in [2.24, 2.45) is 0 Å². The van der Waals surface area contributed by atoms with Crippen LogP contribution in [0.4, 0.5) is 0 Å². The van der Waals surface area contributed by atoms with Crippen LogP contribution in [0.2, 0.25) is 0 Å². The number of aromatic nitrogens is 2. The largest absolute Gasteiger partial charge is 0.228 e. The van der Waals surface area contributed by atoms with E-state index in [9.17, 15) is 0 Å². The van der Waals surface area contributed by atoms with E-state index in [1.54, 1.807) is 0 Å². The van der Waals surface area contributed by atoms with E-state index in [-0.39, 0.29) is 0 Å². The summed E-state index contributed by atoms with van der Waals surface area (Å²) in [6.45, 7) is 0. The van der Waals surface area contributed by atoms with Gasteiger partial charge in [0.1, 0.15) is 0 Å².